The summed E-state index contributed by atoms with van der Waals surface area (Å²) >= 11 is 2.00. The van der Waals surface area contributed by atoms with Gasteiger partial charge in [0.05, 0.1) is 0 Å². The van der Waals surface area contributed by atoms with E-state index in [2.05, 4.69) is 38.1 Å². The Morgan fingerprint density at radius 2 is 1.88 bits per heavy atom. The molecule has 1 heterocycles. The van der Waals surface area contributed by atoms with E-state index in [4.69, 9.17) is 0 Å². The van der Waals surface area contributed by atoms with Crippen molar-refractivity contribution in [3.05, 3.63) is 45.2 Å². The minimum atomic E-state index is 0.834. The molecule has 2 aliphatic carbocycles. The molecule has 1 aromatic rings. The van der Waals surface area contributed by atoms with Gasteiger partial charge in [0.1, 0.15) is 0 Å². The van der Waals surface area contributed by atoms with Crippen LogP contribution >= 0.6 is 11.3 Å². The Labute approximate surface area is 108 Å². The van der Waals surface area contributed by atoms with Crippen molar-refractivity contribution in [1.29, 1.82) is 0 Å². The lowest BCUT2D eigenvalue weighted by Crippen LogP contribution is -1.98. The van der Waals surface area contributed by atoms with Crippen LogP contribution in [0.1, 0.15) is 48.3 Å². The third kappa shape index (κ3) is 2.26. The molecule has 0 N–H and O–H groups in total. The molecule has 2 unspecified atom stereocenters. The van der Waals surface area contributed by atoms with Gasteiger partial charge in [-0.1, -0.05) is 23.3 Å². The predicted octanol–water partition coefficient (Wildman–Crippen LogP) is 5.22. The fourth-order valence-corrected chi connectivity index (χ4v) is 4.24. The van der Waals surface area contributed by atoms with Crippen molar-refractivity contribution < 1.29 is 0 Å². The van der Waals surface area contributed by atoms with E-state index in [0.717, 1.165) is 11.8 Å². The highest BCUT2D eigenvalue weighted by molar-refractivity contribution is 7.12. The van der Waals surface area contributed by atoms with Gasteiger partial charge in [-0.25, -0.2) is 0 Å². The zero-order valence-electron chi connectivity index (χ0n) is 10.7. The second-order valence-corrected chi connectivity index (χ2v) is 6.91. The summed E-state index contributed by atoms with van der Waals surface area (Å²) in [6, 6.07) is 4.62. The highest BCUT2D eigenvalue weighted by Gasteiger charge is 2.29. The molecule has 0 nitrogen and oxygen atoms in total. The normalized spacial score (nSPS) is 28.4. The van der Waals surface area contributed by atoms with Crippen molar-refractivity contribution in [3.63, 3.8) is 0 Å². The Hall–Kier alpha value is -0.820. The highest BCUT2D eigenvalue weighted by atomic mass is 32.1. The molecule has 0 aromatic carbocycles. The average Bonchev–Trinajstić information content (AvgIpc) is 2.96. The fraction of sp³-hybridized carbons (Fsp3) is 0.500. The van der Waals surface area contributed by atoms with Crippen molar-refractivity contribution in [2.75, 3.05) is 0 Å². The van der Waals surface area contributed by atoms with Gasteiger partial charge in [0, 0.05) is 9.75 Å². The number of hydrogen-bond donors (Lipinski definition) is 0. The summed E-state index contributed by atoms with van der Waals surface area (Å²) in [5.41, 5.74) is 3.23. The van der Waals surface area contributed by atoms with E-state index in [-0.39, 0.29) is 0 Å². The molecule has 1 aromatic heterocycles. The van der Waals surface area contributed by atoms with Gasteiger partial charge in [-0.2, -0.15) is 0 Å². The Bertz CT molecular complexity index is 475. The van der Waals surface area contributed by atoms with Crippen LogP contribution < -0.4 is 0 Å². The average molecular weight is 244 g/mol. The first-order valence-electron chi connectivity index (χ1n) is 6.65. The molecule has 0 radical (unpaired) electrons. The number of hydrogen-bond acceptors (Lipinski definition) is 1. The van der Waals surface area contributed by atoms with Gasteiger partial charge in [0.2, 0.25) is 0 Å². The molecule has 1 heteroatoms. The summed E-state index contributed by atoms with van der Waals surface area (Å²) in [6.45, 7) is 4.46. The maximum absolute atomic E-state index is 2.38. The molecule has 2 aliphatic rings. The van der Waals surface area contributed by atoms with Crippen molar-refractivity contribution in [2.45, 2.75) is 45.4 Å². The van der Waals surface area contributed by atoms with Crippen LogP contribution in [0.25, 0.3) is 0 Å². The van der Waals surface area contributed by atoms with Gasteiger partial charge in [-0.15, -0.1) is 11.3 Å². The smallest absolute Gasteiger partial charge is 0.00792 e. The van der Waals surface area contributed by atoms with E-state index < -0.39 is 0 Å². The Morgan fingerprint density at radius 3 is 2.53 bits per heavy atom. The summed E-state index contributed by atoms with van der Waals surface area (Å²) in [7, 11) is 0. The molecule has 0 amide bonds. The molecule has 90 valence electrons. The second-order valence-electron chi connectivity index (χ2n) is 5.59. The standard InChI is InChI=1S/C16H20S/c1-11-3-5-13(9-11)14-6-7-15(10-14)16-8-4-12(2)17-16/h3-5,8,14-15H,6-7,9-10H2,1-2H3. The van der Waals surface area contributed by atoms with Crippen molar-refractivity contribution >= 4 is 11.3 Å². The highest BCUT2D eigenvalue weighted by Crippen LogP contribution is 2.45. The molecular formula is C16H20S. The summed E-state index contributed by atoms with van der Waals surface area (Å²) in [5, 5.41) is 0. The summed E-state index contributed by atoms with van der Waals surface area (Å²) < 4.78 is 0. The number of thiophene rings is 1. The van der Waals surface area contributed by atoms with Crippen LogP contribution in [0.3, 0.4) is 0 Å². The second kappa shape index (κ2) is 4.45. The van der Waals surface area contributed by atoms with E-state index in [1.54, 1.807) is 10.5 Å². The van der Waals surface area contributed by atoms with E-state index in [1.807, 2.05) is 11.3 Å². The number of rotatable bonds is 2. The predicted molar refractivity (Wildman–Crippen MR) is 75.6 cm³/mol. The van der Waals surface area contributed by atoms with Crippen LogP contribution in [-0.4, -0.2) is 0 Å². The van der Waals surface area contributed by atoms with Gasteiger partial charge >= 0.3 is 0 Å². The molecule has 1 fully saturated rings. The van der Waals surface area contributed by atoms with Crippen LogP contribution in [0, 0.1) is 12.8 Å². The van der Waals surface area contributed by atoms with Crippen LogP contribution in [0.2, 0.25) is 0 Å². The molecule has 3 rings (SSSR count). The fourth-order valence-electron chi connectivity index (χ4n) is 3.22. The molecular weight excluding hydrogens is 224 g/mol. The molecule has 2 atom stereocenters. The largest absolute Gasteiger partial charge is 0.145 e. The van der Waals surface area contributed by atoms with E-state index in [0.29, 0.717) is 0 Å². The van der Waals surface area contributed by atoms with Crippen LogP contribution in [0.5, 0.6) is 0 Å². The summed E-state index contributed by atoms with van der Waals surface area (Å²) in [4.78, 5) is 3.08. The van der Waals surface area contributed by atoms with Gasteiger partial charge < -0.3 is 0 Å². The summed E-state index contributed by atoms with van der Waals surface area (Å²) in [5.74, 6) is 1.69. The maximum atomic E-state index is 2.38. The lowest BCUT2D eigenvalue weighted by Gasteiger charge is -2.12. The van der Waals surface area contributed by atoms with Crippen molar-refractivity contribution in [2.24, 2.45) is 5.92 Å². The third-order valence-corrected chi connectivity index (χ3v) is 5.35. The monoisotopic (exact) mass is 244 g/mol. The van der Waals surface area contributed by atoms with Gasteiger partial charge in [0.25, 0.3) is 0 Å². The Kier molecular flexibility index (Phi) is 2.96. The summed E-state index contributed by atoms with van der Waals surface area (Å²) in [6.07, 6.45) is 10.1. The molecule has 0 spiro atoms. The van der Waals surface area contributed by atoms with Gasteiger partial charge in [-0.05, 0) is 63.5 Å². The number of allylic oxidation sites excluding steroid dienone is 4. The minimum absolute atomic E-state index is 0.834. The van der Waals surface area contributed by atoms with E-state index >= 15 is 0 Å². The topological polar surface area (TPSA) is 0 Å². The molecule has 0 saturated heterocycles. The van der Waals surface area contributed by atoms with Crippen LogP contribution in [-0.2, 0) is 0 Å². The molecule has 1 saturated carbocycles. The zero-order chi connectivity index (χ0) is 11.8. The Morgan fingerprint density at radius 1 is 1.06 bits per heavy atom. The first-order chi connectivity index (χ1) is 8.22. The van der Waals surface area contributed by atoms with Gasteiger partial charge in [-0.3, -0.25) is 0 Å². The molecule has 0 bridgehead atoms. The quantitative estimate of drug-likeness (QED) is 0.669. The lowest BCUT2D eigenvalue weighted by molar-refractivity contribution is 0.615. The molecule has 17 heavy (non-hydrogen) atoms. The van der Waals surface area contributed by atoms with Gasteiger partial charge in [0.15, 0.2) is 0 Å². The van der Waals surface area contributed by atoms with Crippen molar-refractivity contribution in [3.8, 4) is 0 Å². The number of aryl methyl sites for hydroxylation is 1. The van der Waals surface area contributed by atoms with E-state index in [9.17, 15) is 0 Å². The SMILES string of the molecule is CC1=CC=C(C2CCC(c3ccc(C)s3)C2)C1. The van der Waals surface area contributed by atoms with Crippen LogP contribution in [0.4, 0.5) is 0 Å². The third-order valence-electron chi connectivity index (χ3n) is 4.19. The van der Waals surface area contributed by atoms with Crippen LogP contribution in [0.15, 0.2) is 35.4 Å². The molecule has 0 aliphatic heterocycles. The van der Waals surface area contributed by atoms with E-state index in [1.165, 1.54) is 36.1 Å². The minimum Gasteiger partial charge on any atom is -0.145 e. The lowest BCUT2D eigenvalue weighted by atomic mass is 9.94. The van der Waals surface area contributed by atoms with Crippen molar-refractivity contribution in [1.82, 2.24) is 0 Å². The Balaban J connectivity index is 1.66. The maximum Gasteiger partial charge on any atom is 0.00792 e. The zero-order valence-corrected chi connectivity index (χ0v) is 11.5. The first-order valence-corrected chi connectivity index (χ1v) is 7.46. The first kappa shape index (κ1) is 11.3.